The number of hydrogen-bond donors (Lipinski definition) is 0. The number of para-hydroxylation sites is 2. The minimum absolute atomic E-state index is 0.328. The van der Waals surface area contributed by atoms with Crippen LogP contribution in [0.3, 0.4) is 0 Å². The number of aromatic nitrogens is 1. The molecule has 0 amide bonds. The minimum Gasteiger partial charge on any atom is -0.309 e. The smallest absolute Gasteiger partial charge is 0.0703 e. The van der Waals surface area contributed by atoms with E-state index < -0.39 is 0 Å². The summed E-state index contributed by atoms with van der Waals surface area (Å²) in [6.07, 6.45) is 9.98. The van der Waals surface area contributed by atoms with Gasteiger partial charge in [0, 0.05) is 22.7 Å². The van der Waals surface area contributed by atoms with Gasteiger partial charge in [-0.15, -0.1) is 0 Å². The molecule has 1 atom stereocenters. The van der Waals surface area contributed by atoms with E-state index in [1.807, 2.05) is 12.3 Å². The van der Waals surface area contributed by atoms with Crippen LogP contribution in [0, 0.1) is 0 Å². The van der Waals surface area contributed by atoms with Crippen molar-refractivity contribution in [1.29, 1.82) is 0 Å². The van der Waals surface area contributed by atoms with E-state index >= 15 is 0 Å². The Balaban J connectivity index is 1.18. The molecule has 5 aromatic carbocycles. The molecule has 0 saturated carbocycles. The number of hydrogen-bond acceptors (Lipinski definition) is 2. The van der Waals surface area contributed by atoms with Crippen molar-refractivity contribution in [1.82, 2.24) is 4.98 Å². The molecule has 0 radical (unpaired) electrons. The fourth-order valence-corrected chi connectivity index (χ4v) is 6.37. The molecule has 1 heterocycles. The maximum atomic E-state index is 4.77. The molecule has 2 aliphatic rings. The number of anilines is 2. The molecule has 184 valence electrons. The van der Waals surface area contributed by atoms with Gasteiger partial charge >= 0.3 is 0 Å². The van der Waals surface area contributed by atoms with Crippen LogP contribution in [0.1, 0.15) is 17.9 Å². The summed E-state index contributed by atoms with van der Waals surface area (Å²) >= 11 is 0. The Kier molecular flexibility index (Phi) is 4.99. The van der Waals surface area contributed by atoms with Crippen molar-refractivity contribution >= 4 is 33.1 Å². The van der Waals surface area contributed by atoms with E-state index in [9.17, 15) is 0 Å². The molecule has 39 heavy (non-hydrogen) atoms. The number of benzene rings is 5. The SMILES string of the molecule is C1=CC(c2ccc3c4c(cccc24)-c2ccccc2-3)CC=C1N(c1ccccc1)c1cnc2ccccc2c1. The topological polar surface area (TPSA) is 16.1 Å². The third-order valence-corrected chi connectivity index (χ3v) is 8.17. The minimum atomic E-state index is 0.328. The van der Waals surface area contributed by atoms with Gasteiger partial charge in [0.25, 0.3) is 0 Å². The van der Waals surface area contributed by atoms with E-state index in [1.54, 1.807) is 0 Å². The summed E-state index contributed by atoms with van der Waals surface area (Å²) in [5.74, 6) is 0.328. The highest BCUT2D eigenvalue weighted by atomic mass is 15.2. The summed E-state index contributed by atoms with van der Waals surface area (Å²) in [7, 11) is 0. The summed E-state index contributed by atoms with van der Waals surface area (Å²) in [4.78, 5) is 7.08. The second kappa shape index (κ2) is 8.82. The van der Waals surface area contributed by atoms with Gasteiger partial charge in [-0.2, -0.15) is 0 Å². The van der Waals surface area contributed by atoms with Gasteiger partial charge < -0.3 is 4.90 Å². The fraction of sp³-hybridized carbons (Fsp3) is 0.0541. The van der Waals surface area contributed by atoms with Crippen molar-refractivity contribution in [3.8, 4) is 22.3 Å². The Morgan fingerprint density at radius 2 is 1.38 bits per heavy atom. The first-order valence-electron chi connectivity index (χ1n) is 13.6. The quantitative estimate of drug-likeness (QED) is 0.240. The van der Waals surface area contributed by atoms with Crippen molar-refractivity contribution < 1.29 is 0 Å². The van der Waals surface area contributed by atoms with Crippen molar-refractivity contribution in [2.45, 2.75) is 12.3 Å². The van der Waals surface area contributed by atoms with E-state index in [0.29, 0.717) is 5.92 Å². The fourth-order valence-electron chi connectivity index (χ4n) is 6.37. The van der Waals surface area contributed by atoms with E-state index in [0.717, 1.165) is 28.7 Å². The van der Waals surface area contributed by atoms with Crippen LogP contribution in [0.15, 0.2) is 145 Å². The molecule has 8 rings (SSSR count). The van der Waals surface area contributed by atoms with Gasteiger partial charge in [-0.05, 0) is 75.4 Å². The van der Waals surface area contributed by atoms with Gasteiger partial charge in [-0.25, -0.2) is 0 Å². The molecule has 1 unspecified atom stereocenters. The lowest BCUT2D eigenvalue weighted by atomic mass is 9.86. The first-order chi connectivity index (χ1) is 19.3. The molecular formula is C37H26N2. The summed E-state index contributed by atoms with van der Waals surface area (Å²) in [6, 6.07) is 41.4. The molecule has 1 aromatic heterocycles. The van der Waals surface area contributed by atoms with Crippen molar-refractivity contribution in [2.24, 2.45) is 0 Å². The van der Waals surface area contributed by atoms with Crippen LogP contribution in [-0.2, 0) is 0 Å². The largest absolute Gasteiger partial charge is 0.309 e. The second-order valence-corrected chi connectivity index (χ2v) is 10.4. The van der Waals surface area contributed by atoms with Gasteiger partial charge in [0.2, 0.25) is 0 Å². The van der Waals surface area contributed by atoms with Crippen LogP contribution in [0.25, 0.3) is 43.9 Å². The van der Waals surface area contributed by atoms with Crippen LogP contribution in [0.2, 0.25) is 0 Å². The standard InChI is InChI=1S/C37H26N2/c1-2-10-27(11-3-1)39(29-23-26-9-4-7-16-36(26)38-24-29)28-19-17-25(18-20-28)30-21-22-35-32-13-6-5-12-31(32)34-15-8-14-33(30)37(34)35/h1-17,19-25H,18H2. The average Bonchev–Trinajstić information content (AvgIpc) is 3.34. The number of pyridine rings is 1. The first-order valence-corrected chi connectivity index (χ1v) is 13.6. The van der Waals surface area contributed by atoms with Crippen molar-refractivity contribution in [2.75, 3.05) is 4.90 Å². The number of rotatable bonds is 4. The molecule has 0 spiro atoms. The highest BCUT2D eigenvalue weighted by Crippen LogP contribution is 2.49. The van der Waals surface area contributed by atoms with E-state index in [1.165, 1.54) is 44.3 Å². The molecule has 0 bridgehead atoms. The van der Waals surface area contributed by atoms with Gasteiger partial charge in [0.05, 0.1) is 17.4 Å². The number of nitrogens with zero attached hydrogens (tertiary/aromatic N) is 2. The number of fused-ring (bicyclic) bond motifs is 4. The Morgan fingerprint density at radius 1 is 0.641 bits per heavy atom. The molecule has 2 heteroatoms. The zero-order valence-electron chi connectivity index (χ0n) is 21.5. The molecule has 2 nitrogen and oxygen atoms in total. The Labute approximate surface area is 228 Å². The summed E-state index contributed by atoms with van der Waals surface area (Å²) in [5.41, 5.74) is 11.2. The van der Waals surface area contributed by atoms with E-state index in [-0.39, 0.29) is 0 Å². The third kappa shape index (κ3) is 3.53. The maximum absolute atomic E-state index is 4.77. The number of allylic oxidation sites excluding steroid dienone is 3. The normalized spacial score (nSPS) is 15.4. The average molecular weight is 499 g/mol. The monoisotopic (exact) mass is 498 g/mol. The van der Waals surface area contributed by atoms with Crippen molar-refractivity contribution in [3.63, 3.8) is 0 Å². The lowest BCUT2D eigenvalue weighted by Crippen LogP contribution is -2.17. The lowest BCUT2D eigenvalue weighted by molar-refractivity contribution is 0.847. The highest BCUT2D eigenvalue weighted by molar-refractivity contribution is 6.16. The highest BCUT2D eigenvalue weighted by Gasteiger charge is 2.25. The van der Waals surface area contributed by atoms with Gasteiger partial charge in [-0.3, -0.25) is 4.98 Å². The molecular weight excluding hydrogens is 472 g/mol. The summed E-state index contributed by atoms with van der Waals surface area (Å²) < 4.78 is 0. The van der Waals surface area contributed by atoms with Crippen LogP contribution < -0.4 is 4.90 Å². The van der Waals surface area contributed by atoms with Gasteiger partial charge in [0.1, 0.15) is 0 Å². The third-order valence-electron chi connectivity index (χ3n) is 8.17. The van der Waals surface area contributed by atoms with Crippen LogP contribution in [0.5, 0.6) is 0 Å². The van der Waals surface area contributed by atoms with Crippen LogP contribution in [0.4, 0.5) is 11.4 Å². The van der Waals surface area contributed by atoms with E-state index in [2.05, 4.69) is 132 Å². The molecule has 2 aliphatic carbocycles. The molecule has 0 aliphatic heterocycles. The Bertz CT molecular complexity index is 1920. The zero-order chi connectivity index (χ0) is 25.8. The summed E-state index contributed by atoms with van der Waals surface area (Å²) in [5, 5.41) is 3.90. The lowest BCUT2D eigenvalue weighted by Gasteiger charge is -2.29. The predicted molar refractivity (Wildman–Crippen MR) is 163 cm³/mol. The van der Waals surface area contributed by atoms with Crippen LogP contribution >= 0.6 is 0 Å². The maximum Gasteiger partial charge on any atom is 0.0703 e. The second-order valence-electron chi connectivity index (χ2n) is 10.4. The van der Waals surface area contributed by atoms with Gasteiger partial charge in [-0.1, -0.05) is 103 Å². The molecule has 0 fully saturated rings. The Morgan fingerprint density at radius 3 is 2.21 bits per heavy atom. The zero-order valence-corrected chi connectivity index (χ0v) is 21.5. The summed E-state index contributed by atoms with van der Waals surface area (Å²) in [6.45, 7) is 0. The molecule has 0 N–H and O–H groups in total. The molecule has 0 saturated heterocycles. The van der Waals surface area contributed by atoms with Crippen molar-refractivity contribution in [3.05, 3.63) is 151 Å². The Hall–Kier alpha value is -4.95. The predicted octanol–water partition coefficient (Wildman–Crippen LogP) is 9.80. The van der Waals surface area contributed by atoms with E-state index in [4.69, 9.17) is 4.98 Å². The van der Waals surface area contributed by atoms with Crippen LogP contribution in [-0.4, -0.2) is 4.98 Å². The van der Waals surface area contributed by atoms with Gasteiger partial charge in [0.15, 0.2) is 0 Å². The first kappa shape index (κ1) is 22.1. The molecule has 6 aromatic rings.